The molecule has 55 heavy (non-hydrogen) atoms. The van der Waals surface area contributed by atoms with E-state index in [1.165, 1.54) is 47.4 Å². The van der Waals surface area contributed by atoms with Crippen molar-refractivity contribution in [1.82, 2.24) is 24.1 Å². The first-order valence-corrected chi connectivity index (χ1v) is 19.3. The topological polar surface area (TPSA) is 48.5 Å². The monoisotopic (exact) mass is 719 g/mol. The minimum atomic E-state index is 0.584. The van der Waals surface area contributed by atoms with Gasteiger partial charge in [-0.05, 0) is 59.3 Å². The molecule has 0 aliphatic heterocycles. The van der Waals surface area contributed by atoms with Gasteiger partial charge in [0, 0.05) is 58.5 Å². The number of rotatable bonds is 4. The number of thiophene rings is 1. The number of aromatic nitrogens is 5. The smallest absolute Gasteiger partial charge is 0.238 e. The van der Waals surface area contributed by atoms with Gasteiger partial charge >= 0.3 is 0 Å². The van der Waals surface area contributed by atoms with Gasteiger partial charge in [-0.25, -0.2) is 4.98 Å². The second kappa shape index (κ2) is 11.7. The van der Waals surface area contributed by atoms with Gasteiger partial charge in [0.15, 0.2) is 11.6 Å². The van der Waals surface area contributed by atoms with E-state index in [4.69, 9.17) is 15.0 Å². The van der Waals surface area contributed by atoms with Crippen LogP contribution in [0.4, 0.5) is 0 Å². The molecule has 0 spiro atoms. The molecule has 12 rings (SSSR count). The predicted molar refractivity (Wildman–Crippen MR) is 230 cm³/mol. The fourth-order valence-electron chi connectivity index (χ4n) is 8.59. The van der Waals surface area contributed by atoms with Gasteiger partial charge in [0.05, 0.1) is 22.1 Å². The lowest BCUT2D eigenvalue weighted by molar-refractivity contribution is 0.954. The van der Waals surface area contributed by atoms with E-state index in [0.717, 1.165) is 44.0 Å². The average Bonchev–Trinajstić information content (AvgIpc) is 3.91. The second-order valence-electron chi connectivity index (χ2n) is 14.0. The van der Waals surface area contributed by atoms with Crippen molar-refractivity contribution in [1.29, 1.82) is 0 Å². The number of nitrogens with zero attached hydrogens (tertiary/aromatic N) is 5. The van der Waals surface area contributed by atoms with Gasteiger partial charge in [-0.15, -0.1) is 11.3 Å². The van der Waals surface area contributed by atoms with E-state index >= 15 is 0 Å². The first-order valence-electron chi connectivity index (χ1n) is 18.5. The summed E-state index contributed by atoms with van der Waals surface area (Å²) < 4.78 is 7.07. The van der Waals surface area contributed by atoms with E-state index in [2.05, 4.69) is 167 Å². The van der Waals surface area contributed by atoms with Gasteiger partial charge in [-0.3, -0.25) is 4.57 Å². The lowest BCUT2D eigenvalue weighted by Gasteiger charge is -2.13. The Morgan fingerprint density at radius 1 is 0.364 bits per heavy atom. The average molecular weight is 720 g/mol. The van der Waals surface area contributed by atoms with Gasteiger partial charge in [-0.2, -0.15) is 9.97 Å². The molecule has 0 fully saturated rings. The van der Waals surface area contributed by atoms with Gasteiger partial charge in [0.1, 0.15) is 0 Å². The molecule has 0 saturated heterocycles. The number of para-hydroxylation sites is 3. The van der Waals surface area contributed by atoms with Crippen LogP contribution >= 0.6 is 11.3 Å². The van der Waals surface area contributed by atoms with Crippen LogP contribution < -0.4 is 0 Å². The molecule has 0 radical (unpaired) electrons. The van der Waals surface area contributed by atoms with Crippen molar-refractivity contribution in [3.63, 3.8) is 0 Å². The summed E-state index contributed by atoms with van der Waals surface area (Å²) in [6.45, 7) is 0. The van der Waals surface area contributed by atoms with Crippen LogP contribution in [0.5, 0.6) is 0 Å². The van der Waals surface area contributed by atoms with E-state index in [-0.39, 0.29) is 0 Å². The Hall–Kier alpha value is -7.15. The number of fused-ring (bicyclic) bond motifs is 11. The zero-order valence-corrected chi connectivity index (χ0v) is 30.2. The van der Waals surface area contributed by atoms with Crippen molar-refractivity contribution in [3.8, 4) is 34.4 Å². The summed E-state index contributed by atoms with van der Waals surface area (Å²) in [6, 6.07) is 62.5. The molecular formula is C49H29N5S. The summed E-state index contributed by atoms with van der Waals surface area (Å²) in [5.41, 5.74) is 7.48. The van der Waals surface area contributed by atoms with E-state index in [9.17, 15) is 0 Å². The van der Waals surface area contributed by atoms with Crippen molar-refractivity contribution in [2.24, 2.45) is 0 Å². The second-order valence-corrected chi connectivity index (χ2v) is 15.1. The van der Waals surface area contributed by atoms with Crippen molar-refractivity contribution < 1.29 is 0 Å². The molecule has 0 bridgehead atoms. The first kappa shape index (κ1) is 30.3. The fraction of sp³-hybridized carbons (Fsp3) is 0. The highest BCUT2D eigenvalue weighted by Crippen LogP contribution is 2.43. The van der Waals surface area contributed by atoms with Crippen LogP contribution in [-0.4, -0.2) is 24.1 Å². The van der Waals surface area contributed by atoms with Crippen LogP contribution in [0.25, 0.3) is 109 Å². The van der Waals surface area contributed by atoms with Crippen LogP contribution in [0.3, 0.4) is 0 Å². The quantitative estimate of drug-likeness (QED) is 0.182. The molecule has 0 saturated carbocycles. The summed E-state index contributed by atoms with van der Waals surface area (Å²) in [5.74, 6) is 1.86. The molecule has 5 nitrogen and oxygen atoms in total. The molecule has 4 aromatic heterocycles. The maximum Gasteiger partial charge on any atom is 0.238 e. The molecule has 0 atom stereocenters. The summed E-state index contributed by atoms with van der Waals surface area (Å²) in [4.78, 5) is 15.8. The summed E-state index contributed by atoms with van der Waals surface area (Å²) in [6.07, 6.45) is 0. The van der Waals surface area contributed by atoms with Crippen molar-refractivity contribution in [3.05, 3.63) is 176 Å². The summed E-state index contributed by atoms with van der Waals surface area (Å²) in [5, 5.41) is 9.63. The zero-order valence-electron chi connectivity index (χ0n) is 29.4. The molecule has 12 aromatic rings. The highest BCUT2D eigenvalue weighted by Gasteiger charge is 2.21. The number of benzene rings is 8. The molecule has 0 N–H and O–H groups in total. The van der Waals surface area contributed by atoms with Crippen LogP contribution in [-0.2, 0) is 0 Å². The van der Waals surface area contributed by atoms with Gasteiger partial charge in [0.25, 0.3) is 0 Å². The highest BCUT2D eigenvalue weighted by molar-refractivity contribution is 7.26. The lowest BCUT2D eigenvalue weighted by atomic mass is 9.99. The molecule has 0 unspecified atom stereocenters. The van der Waals surface area contributed by atoms with E-state index in [1.54, 1.807) is 0 Å². The Balaban J connectivity index is 1.14. The Morgan fingerprint density at radius 3 is 1.64 bits per heavy atom. The van der Waals surface area contributed by atoms with Gasteiger partial charge in [0.2, 0.25) is 5.95 Å². The minimum absolute atomic E-state index is 0.584. The summed E-state index contributed by atoms with van der Waals surface area (Å²) in [7, 11) is 0. The third-order valence-electron chi connectivity index (χ3n) is 11.0. The Bertz CT molecular complexity index is 3450. The maximum atomic E-state index is 5.38. The predicted octanol–water partition coefficient (Wildman–Crippen LogP) is 12.9. The molecule has 256 valence electrons. The van der Waals surface area contributed by atoms with Crippen LogP contribution in [0.15, 0.2) is 176 Å². The van der Waals surface area contributed by atoms with Crippen LogP contribution in [0.2, 0.25) is 0 Å². The van der Waals surface area contributed by atoms with Crippen molar-refractivity contribution in [2.75, 3.05) is 0 Å². The van der Waals surface area contributed by atoms with Crippen LogP contribution in [0, 0.1) is 0 Å². The molecular weight excluding hydrogens is 691 g/mol. The molecule has 0 aliphatic rings. The molecule has 0 aliphatic carbocycles. The minimum Gasteiger partial charge on any atom is -0.309 e. The van der Waals surface area contributed by atoms with Gasteiger partial charge < -0.3 is 4.57 Å². The third-order valence-corrected chi connectivity index (χ3v) is 12.1. The largest absolute Gasteiger partial charge is 0.309 e. The maximum absolute atomic E-state index is 5.38. The zero-order chi connectivity index (χ0) is 36.0. The molecule has 0 amide bonds. The first-order chi connectivity index (χ1) is 27.3. The molecule has 8 aromatic carbocycles. The fourth-order valence-corrected chi connectivity index (χ4v) is 9.75. The SMILES string of the molecule is c1ccc(-c2nc(-c3cc4sc5ccccc5c4c4ccccc34)nc(-n3c4ccccc4c4cc(-n5c6ccccc6c6ccccc65)ccc43)n2)cc1. The molecule has 4 heterocycles. The van der Waals surface area contributed by atoms with Crippen molar-refractivity contribution >= 4 is 85.9 Å². The van der Waals surface area contributed by atoms with E-state index in [0.29, 0.717) is 17.6 Å². The number of hydrogen-bond acceptors (Lipinski definition) is 4. The van der Waals surface area contributed by atoms with Gasteiger partial charge in [-0.1, -0.05) is 127 Å². The Labute approximate surface area is 319 Å². The highest BCUT2D eigenvalue weighted by atomic mass is 32.1. The third kappa shape index (κ3) is 4.49. The molecule has 6 heteroatoms. The standard InChI is InChI=1S/C49H29N5S/c1-2-14-30(15-3-1)47-50-48(39-29-45-46(36-20-5-4-16-32(36)39)37-21-9-13-25-44(37)55-45)52-49(51-47)54-42-24-12-8-19-35(42)38-28-31(26-27-43(38)54)53-40-22-10-6-17-33(40)34-18-7-11-23-41(34)53/h1-29H. The normalized spacial score (nSPS) is 12.0. The van der Waals surface area contributed by atoms with Crippen LogP contribution in [0.1, 0.15) is 0 Å². The lowest BCUT2D eigenvalue weighted by Crippen LogP contribution is -2.06. The van der Waals surface area contributed by atoms with E-state index < -0.39 is 0 Å². The number of hydrogen-bond donors (Lipinski definition) is 0. The Morgan fingerprint density at radius 2 is 0.909 bits per heavy atom. The van der Waals surface area contributed by atoms with Crippen molar-refractivity contribution in [2.45, 2.75) is 0 Å². The summed E-state index contributed by atoms with van der Waals surface area (Å²) >= 11 is 1.81. The Kier molecular flexibility index (Phi) is 6.44. The van der Waals surface area contributed by atoms with E-state index in [1.807, 2.05) is 29.5 Å².